The van der Waals surface area contributed by atoms with Crippen LogP contribution < -0.4 is 10.4 Å². The summed E-state index contributed by atoms with van der Waals surface area (Å²) in [4.78, 5) is 18.1. The molecule has 0 amide bonds. The third-order valence-electron chi connectivity index (χ3n) is 3.75. The topological polar surface area (TPSA) is 61.9 Å². The summed E-state index contributed by atoms with van der Waals surface area (Å²) in [5, 5.41) is 4.82. The van der Waals surface area contributed by atoms with Gasteiger partial charge in [0, 0.05) is 28.4 Å². The predicted octanol–water partition coefficient (Wildman–Crippen LogP) is 2.70. The maximum atomic E-state index is 12.3. The van der Waals surface area contributed by atoms with Gasteiger partial charge in [-0.1, -0.05) is 15.9 Å². The minimum absolute atomic E-state index is 0.182. The molecule has 0 aliphatic carbocycles. The number of benzene rings is 1. The van der Waals surface area contributed by atoms with Crippen LogP contribution in [0.5, 0.6) is 5.75 Å². The van der Waals surface area contributed by atoms with Crippen LogP contribution in [0.1, 0.15) is 10.7 Å². The molecule has 1 aliphatic rings. The summed E-state index contributed by atoms with van der Waals surface area (Å²) in [5.41, 5.74) is 1.66. The molecule has 1 aromatic carbocycles. The molecule has 0 bridgehead atoms. The number of aromatic nitrogens is 4. The van der Waals surface area contributed by atoms with E-state index in [1.165, 1.54) is 16.0 Å². The minimum atomic E-state index is -0.182. The third-order valence-corrected chi connectivity index (χ3v) is 5.34. The summed E-state index contributed by atoms with van der Waals surface area (Å²) in [5.74, 6) is 1.44. The Hall–Kier alpha value is -1.93. The first-order chi connectivity index (χ1) is 11.0. The van der Waals surface area contributed by atoms with Crippen LogP contribution in [0.15, 0.2) is 27.5 Å². The Balaban J connectivity index is 1.92. The highest BCUT2D eigenvalue weighted by Gasteiger charge is 2.23. The Labute approximate surface area is 144 Å². The van der Waals surface area contributed by atoms with Crippen molar-refractivity contribution < 1.29 is 4.74 Å². The zero-order chi connectivity index (χ0) is 16.1. The normalized spacial score (nSPS) is 13.2. The van der Waals surface area contributed by atoms with E-state index in [0.717, 1.165) is 32.8 Å². The van der Waals surface area contributed by atoms with Crippen LogP contribution in [0, 0.1) is 6.92 Å². The molecule has 1 aliphatic heterocycles. The summed E-state index contributed by atoms with van der Waals surface area (Å²) in [6.07, 6.45) is 0.771. The van der Waals surface area contributed by atoms with Crippen molar-refractivity contribution in [3.8, 4) is 22.1 Å². The Morgan fingerprint density at radius 3 is 2.96 bits per heavy atom. The molecular weight excluding hydrogens is 380 g/mol. The van der Waals surface area contributed by atoms with E-state index in [-0.39, 0.29) is 5.69 Å². The van der Waals surface area contributed by atoms with E-state index >= 15 is 0 Å². The van der Waals surface area contributed by atoms with Crippen LogP contribution in [0.2, 0.25) is 0 Å². The van der Waals surface area contributed by atoms with Gasteiger partial charge in [-0.3, -0.25) is 0 Å². The van der Waals surface area contributed by atoms with Crippen molar-refractivity contribution in [3.63, 3.8) is 0 Å². The van der Waals surface area contributed by atoms with E-state index in [4.69, 9.17) is 9.72 Å². The lowest BCUT2D eigenvalue weighted by Crippen LogP contribution is -2.21. The van der Waals surface area contributed by atoms with Gasteiger partial charge in [0.25, 0.3) is 0 Å². The van der Waals surface area contributed by atoms with Gasteiger partial charge in [-0.2, -0.15) is 5.10 Å². The summed E-state index contributed by atoms with van der Waals surface area (Å²) in [6, 6.07) is 5.91. The fourth-order valence-electron chi connectivity index (χ4n) is 2.69. The first-order valence-electron chi connectivity index (χ1n) is 7.10. The highest BCUT2D eigenvalue weighted by atomic mass is 79.9. The standard InChI is InChI=1S/C15H13BrN4O2S/c1-8-18-19(2)15(21)20(8)14-17-13-10-4-3-9(16)7-11(10)22-6-5-12(13)23-14/h3-4,7H,5-6H2,1-2H3. The molecule has 3 aromatic rings. The van der Waals surface area contributed by atoms with E-state index < -0.39 is 0 Å². The number of ether oxygens (including phenoxy) is 1. The Morgan fingerprint density at radius 2 is 2.22 bits per heavy atom. The number of fused-ring (bicyclic) bond motifs is 3. The number of nitrogens with zero attached hydrogens (tertiary/aromatic N) is 4. The number of rotatable bonds is 1. The van der Waals surface area contributed by atoms with Gasteiger partial charge in [0.15, 0.2) is 5.13 Å². The molecular formula is C15H13BrN4O2S. The van der Waals surface area contributed by atoms with Crippen molar-refractivity contribution in [3.05, 3.63) is 43.9 Å². The van der Waals surface area contributed by atoms with E-state index in [1.54, 1.807) is 11.6 Å². The van der Waals surface area contributed by atoms with Gasteiger partial charge in [-0.25, -0.2) is 19.0 Å². The van der Waals surface area contributed by atoms with Crippen molar-refractivity contribution >= 4 is 27.3 Å². The van der Waals surface area contributed by atoms with Crippen LogP contribution in [-0.4, -0.2) is 25.9 Å². The largest absolute Gasteiger partial charge is 0.492 e. The number of thiazole rings is 1. The second-order valence-corrected chi connectivity index (χ2v) is 7.27. The van der Waals surface area contributed by atoms with Crippen molar-refractivity contribution in [2.45, 2.75) is 13.3 Å². The second kappa shape index (κ2) is 5.31. The molecule has 0 N–H and O–H groups in total. The zero-order valence-electron chi connectivity index (χ0n) is 12.5. The van der Waals surface area contributed by atoms with Crippen LogP contribution in [0.4, 0.5) is 0 Å². The average Bonchev–Trinajstić information content (AvgIpc) is 2.95. The molecule has 2 aromatic heterocycles. The molecule has 0 fully saturated rings. The van der Waals surface area contributed by atoms with Crippen LogP contribution >= 0.6 is 27.3 Å². The predicted molar refractivity (Wildman–Crippen MR) is 91.5 cm³/mol. The molecule has 8 heteroatoms. The molecule has 0 saturated carbocycles. The van der Waals surface area contributed by atoms with Gasteiger partial charge in [-0.05, 0) is 25.1 Å². The fourth-order valence-corrected chi connectivity index (χ4v) is 4.12. The number of hydrogen-bond donors (Lipinski definition) is 0. The van der Waals surface area contributed by atoms with Crippen LogP contribution in [-0.2, 0) is 13.5 Å². The number of halogens is 1. The van der Waals surface area contributed by atoms with Gasteiger partial charge in [0.2, 0.25) is 0 Å². The lowest BCUT2D eigenvalue weighted by Gasteiger charge is -2.07. The summed E-state index contributed by atoms with van der Waals surface area (Å²) < 4.78 is 9.67. The van der Waals surface area contributed by atoms with Crippen LogP contribution in [0.3, 0.4) is 0 Å². The fraction of sp³-hybridized carbons (Fsp3) is 0.267. The molecule has 0 saturated heterocycles. The average molecular weight is 393 g/mol. The maximum absolute atomic E-state index is 12.3. The molecule has 0 radical (unpaired) electrons. The second-order valence-electron chi connectivity index (χ2n) is 5.30. The number of hydrogen-bond acceptors (Lipinski definition) is 5. The van der Waals surface area contributed by atoms with E-state index in [0.29, 0.717) is 17.6 Å². The Kier molecular flexibility index (Phi) is 3.38. The first-order valence-corrected chi connectivity index (χ1v) is 8.71. The van der Waals surface area contributed by atoms with Gasteiger partial charge >= 0.3 is 5.69 Å². The van der Waals surface area contributed by atoms with Gasteiger partial charge in [0.05, 0.1) is 12.3 Å². The molecule has 0 spiro atoms. The van der Waals surface area contributed by atoms with Crippen LogP contribution in [0.25, 0.3) is 16.4 Å². The quantitative estimate of drug-likeness (QED) is 0.638. The van der Waals surface area contributed by atoms with Crippen molar-refractivity contribution in [1.82, 2.24) is 19.3 Å². The smallest absolute Gasteiger partial charge is 0.352 e. The highest BCUT2D eigenvalue weighted by Crippen LogP contribution is 2.39. The van der Waals surface area contributed by atoms with E-state index in [9.17, 15) is 4.79 Å². The van der Waals surface area contributed by atoms with E-state index in [1.807, 2.05) is 25.1 Å². The van der Waals surface area contributed by atoms with Crippen molar-refractivity contribution in [2.75, 3.05) is 6.61 Å². The molecule has 3 heterocycles. The minimum Gasteiger partial charge on any atom is -0.492 e. The SMILES string of the molecule is Cc1nn(C)c(=O)n1-c1nc2c(s1)CCOc1cc(Br)ccc1-2. The lowest BCUT2D eigenvalue weighted by molar-refractivity contribution is 0.327. The highest BCUT2D eigenvalue weighted by molar-refractivity contribution is 9.10. The third kappa shape index (κ3) is 2.33. The summed E-state index contributed by atoms with van der Waals surface area (Å²) in [6.45, 7) is 2.40. The van der Waals surface area contributed by atoms with Gasteiger partial charge < -0.3 is 4.74 Å². The zero-order valence-corrected chi connectivity index (χ0v) is 14.9. The molecule has 6 nitrogen and oxygen atoms in total. The molecule has 118 valence electrons. The number of aryl methyl sites for hydroxylation is 2. The molecule has 0 atom stereocenters. The van der Waals surface area contributed by atoms with Crippen molar-refractivity contribution in [2.24, 2.45) is 7.05 Å². The maximum Gasteiger partial charge on any atom is 0.352 e. The summed E-state index contributed by atoms with van der Waals surface area (Å²) in [7, 11) is 1.64. The molecule has 4 rings (SSSR count). The Bertz CT molecular complexity index is 973. The lowest BCUT2D eigenvalue weighted by atomic mass is 10.1. The monoisotopic (exact) mass is 392 g/mol. The van der Waals surface area contributed by atoms with E-state index in [2.05, 4.69) is 21.0 Å². The van der Waals surface area contributed by atoms with Gasteiger partial charge in [-0.15, -0.1) is 11.3 Å². The Morgan fingerprint density at radius 1 is 1.39 bits per heavy atom. The summed E-state index contributed by atoms with van der Waals surface area (Å²) >= 11 is 4.98. The first kappa shape index (κ1) is 14.6. The van der Waals surface area contributed by atoms with Crippen molar-refractivity contribution in [1.29, 1.82) is 0 Å². The molecule has 0 unspecified atom stereocenters. The molecule has 23 heavy (non-hydrogen) atoms. The van der Waals surface area contributed by atoms with Gasteiger partial charge in [0.1, 0.15) is 11.6 Å².